The first-order chi connectivity index (χ1) is 7.83. The van der Waals surface area contributed by atoms with Gasteiger partial charge in [-0.2, -0.15) is 0 Å². The second-order valence-electron chi connectivity index (χ2n) is 4.37. The van der Waals surface area contributed by atoms with E-state index in [1.54, 1.807) is 0 Å². The highest BCUT2D eigenvalue weighted by Crippen LogP contribution is 1.88. The molecule has 0 amide bonds. The second-order valence-corrected chi connectivity index (χ2v) is 4.37. The predicted molar refractivity (Wildman–Crippen MR) is 66.8 cm³/mol. The van der Waals surface area contributed by atoms with Gasteiger partial charge in [-0.15, -0.1) is 0 Å². The minimum atomic E-state index is 0.292. The van der Waals surface area contributed by atoms with Crippen molar-refractivity contribution in [2.45, 2.75) is 0 Å². The van der Waals surface area contributed by atoms with Crippen LogP contribution in [0.5, 0.6) is 0 Å². The maximum atomic E-state index is 8.56. The molecule has 16 heavy (non-hydrogen) atoms. The van der Waals surface area contributed by atoms with Crippen molar-refractivity contribution in [3.05, 3.63) is 0 Å². The summed E-state index contributed by atoms with van der Waals surface area (Å²) in [5, 5.41) is 15.1. The lowest BCUT2D eigenvalue weighted by atomic mass is 10.4. The van der Waals surface area contributed by atoms with Gasteiger partial charge in [-0.1, -0.05) is 0 Å². The van der Waals surface area contributed by atoms with Crippen LogP contribution in [-0.2, 0) is 0 Å². The molecule has 0 radical (unpaired) electrons. The summed E-state index contributed by atoms with van der Waals surface area (Å²) in [4.78, 5) is 4.59. The average Bonchev–Trinajstić information content (AvgIpc) is 2.33. The molecule has 0 atom stereocenters. The van der Waals surface area contributed by atoms with E-state index in [4.69, 9.17) is 5.11 Å². The summed E-state index contributed by atoms with van der Waals surface area (Å²) >= 11 is 0. The first-order valence-corrected chi connectivity index (χ1v) is 6.26. The molecule has 0 spiro atoms. The van der Waals surface area contributed by atoms with E-state index in [-0.39, 0.29) is 0 Å². The number of piperazine rings is 2. The van der Waals surface area contributed by atoms with Gasteiger partial charge in [0.2, 0.25) is 0 Å². The molecule has 0 bridgehead atoms. The van der Waals surface area contributed by atoms with Gasteiger partial charge in [-0.3, -0.25) is 4.90 Å². The van der Waals surface area contributed by atoms with Crippen molar-refractivity contribution in [3.63, 3.8) is 0 Å². The summed E-state index contributed by atoms with van der Waals surface area (Å²) in [5.74, 6) is 0. The van der Waals surface area contributed by atoms with Crippen molar-refractivity contribution < 1.29 is 5.11 Å². The Bertz CT molecular complexity index is 153. The zero-order valence-corrected chi connectivity index (χ0v) is 10.4. The van der Waals surface area contributed by atoms with Crippen molar-refractivity contribution in [2.75, 3.05) is 72.6 Å². The van der Waals surface area contributed by atoms with Crippen molar-refractivity contribution >= 4 is 0 Å². The number of β-amino-alcohol motifs (C(OH)–C–C–N with tert-alkyl or cyclic N) is 1. The molecule has 5 nitrogen and oxygen atoms in total. The highest BCUT2D eigenvalue weighted by molar-refractivity contribution is 4.66. The first-order valence-electron chi connectivity index (χ1n) is 6.26. The molecule has 0 aliphatic carbocycles. The summed E-state index contributed by atoms with van der Waals surface area (Å²) in [5.41, 5.74) is 0. The lowest BCUT2D eigenvalue weighted by molar-refractivity contribution is 0.180. The molecule has 0 aromatic heterocycles. The smallest absolute Gasteiger partial charge is 0.0558 e. The molecule has 0 unspecified atom stereocenters. The normalized spacial score (nSPS) is 23.6. The quantitative estimate of drug-likeness (QED) is 0.534. The lowest BCUT2D eigenvalue weighted by Gasteiger charge is -2.25. The van der Waals surface area contributed by atoms with Gasteiger partial charge in [0.1, 0.15) is 0 Å². The Kier molecular flexibility index (Phi) is 7.71. The number of hydrogen-bond donors (Lipinski definition) is 3. The molecule has 0 aromatic rings. The minimum Gasteiger partial charge on any atom is -0.395 e. The van der Waals surface area contributed by atoms with Crippen LogP contribution < -0.4 is 10.6 Å². The zero-order chi connectivity index (χ0) is 11.6. The molecule has 5 heteroatoms. The highest BCUT2D eigenvalue weighted by atomic mass is 16.3. The van der Waals surface area contributed by atoms with E-state index in [0.29, 0.717) is 6.61 Å². The van der Waals surface area contributed by atoms with E-state index >= 15 is 0 Å². The van der Waals surface area contributed by atoms with Crippen LogP contribution in [0.1, 0.15) is 0 Å². The fraction of sp³-hybridized carbons (Fsp3) is 1.00. The monoisotopic (exact) mass is 230 g/mol. The largest absolute Gasteiger partial charge is 0.395 e. The number of rotatable bonds is 2. The van der Waals surface area contributed by atoms with Gasteiger partial charge in [-0.25, -0.2) is 0 Å². The predicted octanol–water partition coefficient (Wildman–Crippen LogP) is -1.59. The van der Waals surface area contributed by atoms with Crippen LogP contribution in [0, 0.1) is 0 Å². The highest BCUT2D eigenvalue weighted by Gasteiger charge is 2.06. The first kappa shape index (κ1) is 13.9. The van der Waals surface area contributed by atoms with Crippen LogP contribution >= 0.6 is 0 Å². The van der Waals surface area contributed by atoms with Crippen LogP contribution in [0.2, 0.25) is 0 Å². The fourth-order valence-electron chi connectivity index (χ4n) is 1.85. The van der Waals surface area contributed by atoms with E-state index in [2.05, 4.69) is 27.5 Å². The van der Waals surface area contributed by atoms with Crippen molar-refractivity contribution in [1.82, 2.24) is 20.4 Å². The van der Waals surface area contributed by atoms with Gasteiger partial charge in [0.25, 0.3) is 0 Å². The molecular formula is C11H26N4O. The van der Waals surface area contributed by atoms with Crippen LogP contribution in [0.4, 0.5) is 0 Å². The summed E-state index contributed by atoms with van der Waals surface area (Å²) < 4.78 is 0. The van der Waals surface area contributed by atoms with E-state index in [0.717, 1.165) is 45.8 Å². The van der Waals surface area contributed by atoms with Crippen LogP contribution in [0.15, 0.2) is 0 Å². The molecule has 2 rings (SSSR count). The summed E-state index contributed by atoms with van der Waals surface area (Å²) in [6, 6.07) is 0. The van der Waals surface area contributed by atoms with Gasteiger partial charge in [0.05, 0.1) is 6.61 Å². The SMILES string of the molecule is CN1CCNCC1.OCCN1CCNCC1. The summed E-state index contributed by atoms with van der Waals surface area (Å²) in [6.45, 7) is 10.2. The summed E-state index contributed by atoms with van der Waals surface area (Å²) in [7, 11) is 2.15. The third-order valence-electron chi connectivity index (χ3n) is 2.97. The van der Waals surface area contributed by atoms with Crippen molar-refractivity contribution in [3.8, 4) is 0 Å². The maximum absolute atomic E-state index is 8.56. The Labute approximate surface area is 98.8 Å². The number of hydrogen-bond acceptors (Lipinski definition) is 5. The number of aliphatic hydroxyl groups is 1. The Morgan fingerprint density at radius 3 is 1.81 bits per heavy atom. The minimum absolute atomic E-state index is 0.292. The Morgan fingerprint density at radius 2 is 1.44 bits per heavy atom. The molecule has 3 N–H and O–H groups in total. The molecule has 2 aliphatic heterocycles. The lowest BCUT2D eigenvalue weighted by Crippen LogP contribution is -2.44. The van der Waals surface area contributed by atoms with Crippen molar-refractivity contribution in [2.24, 2.45) is 0 Å². The van der Waals surface area contributed by atoms with Crippen LogP contribution in [0.25, 0.3) is 0 Å². The molecular weight excluding hydrogens is 204 g/mol. The average molecular weight is 230 g/mol. The number of aliphatic hydroxyl groups excluding tert-OH is 1. The third-order valence-corrected chi connectivity index (χ3v) is 2.97. The van der Waals surface area contributed by atoms with E-state index < -0.39 is 0 Å². The van der Waals surface area contributed by atoms with E-state index in [1.807, 2.05) is 0 Å². The molecule has 2 fully saturated rings. The fourth-order valence-corrected chi connectivity index (χ4v) is 1.85. The van der Waals surface area contributed by atoms with Crippen LogP contribution in [0.3, 0.4) is 0 Å². The standard InChI is InChI=1S/C6H14N2O.C5H12N2/c9-6-5-8-3-1-7-2-4-8;1-7-4-2-6-3-5-7/h7,9H,1-6H2;6H,2-5H2,1H3. The third kappa shape index (κ3) is 6.40. The Morgan fingerprint density at radius 1 is 0.938 bits per heavy atom. The zero-order valence-electron chi connectivity index (χ0n) is 10.4. The molecule has 96 valence electrons. The van der Waals surface area contributed by atoms with Gasteiger partial charge >= 0.3 is 0 Å². The van der Waals surface area contributed by atoms with E-state index in [1.165, 1.54) is 13.1 Å². The number of likely N-dealkylation sites (N-methyl/N-ethyl adjacent to an activating group) is 1. The van der Waals surface area contributed by atoms with Crippen LogP contribution in [-0.4, -0.2) is 87.5 Å². The molecule has 2 aliphatic rings. The molecule has 0 aromatic carbocycles. The van der Waals surface area contributed by atoms with Gasteiger partial charge in [0.15, 0.2) is 0 Å². The van der Waals surface area contributed by atoms with Gasteiger partial charge in [0, 0.05) is 58.9 Å². The Hall–Kier alpha value is -0.200. The second kappa shape index (κ2) is 8.90. The van der Waals surface area contributed by atoms with E-state index in [9.17, 15) is 0 Å². The maximum Gasteiger partial charge on any atom is 0.0558 e. The molecule has 0 saturated carbocycles. The Balaban J connectivity index is 0.000000165. The topological polar surface area (TPSA) is 50.8 Å². The van der Waals surface area contributed by atoms with Gasteiger partial charge < -0.3 is 20.6 Å². The van der Waals surface area contributed by atoms with Crippen molar-refractivity contribution in [1.29, 1.82) is 0 Å². The van der Waals surface area contributed by atoms with Gasteiger partial charge in [-0.05, 0) is 7.05 Å². The molecule has 2 heterocycles. The summed E-state index contributed by atoms with van der Waals surface area (Å²) in [6.07, 6.45) is 0. The number of nitrogens with one attached hydrogen (secondary N) is 2. The number of nitrogens with zero attached hydrogens (tertiary/aromatic N) is 2. The molecule has 2 saturated heterocycles.